The van der Waals surface area contributed by atoms with Gasteiger partial charge in [-0.2, -0.15) is 0 Å². The van der Waals surface area contributed by atoms with Gasteiger partial charge >= 0.3 is 0 Å². The Balaban J connectivity index is 0.00000192. The van der Waals surface area contributed by atoms with E-state index in [1.807, 2.05) is 35.2 Å². The van der Waals surface area contributed by atoms with E-state index in [1.54, 1.807) is 0 Å². The Kier molecular flexibility index (Phi) is 6.31. The number of amides is 1. The molecule has 1 aromatic rings. The quantitative estimate of drug-likeness (QED) is 0.921. The maximum atomic E-state index is 12.7. The number of halogens is 1. The molecule has 0 aromatic heterocycles. The van der Waals surface area contributed by atoms with Crippen LogP contribution in [-0.4, -0.2) is 35.5 Å². The average Bonchev–Trinajstić information content (AvgIpc) is 2.56. The van der Waals surface area contributed by atoms with Crippen molar-refractivity contribution in [3.8, 4) is 5.75 Å². The summed E-state index contributed by atoms with van der Waals surface area (Å²) in [5, 5.41) is 0. The van der Waals surface area contributed by atoms with E-state index < -0.39 is 5.54 Å². The lowest BCUT2D eigenvalue weighted by Gasteiger charge is -2.40. The highest BCUT2D eigenvalue weighted by atomic mass is 35.5. The molecule has 1 saturated heterocycles. The number of carbonyl (C=O) groups excluding carboxylic acids is 1. The summed E-state index contributed by atoms with van der Waals surface area (Å²) < 4.78 is 5.98. The molecule has 2 fully saturated rings. The van der Waals surface area contributed by atoms with Crippen LogP contribution in [0, 0.1) is 0 Å². The molecule has 3 rings (SSSR count). The molecule has 0 unspecified atom stereocenters. The van der Waals surface area contributed by atoms with Gasteiger partial charge in [-0.25, -0.2) is 0 Å². The van der Waals surface area contributed by atoms with Crippen LogP contribution in [0.2, 0.25) is 0 Å². The van der Waals surface area contributed by atoms with Crippen molar-refractivity contribution < 1.29 is 9.53 Å². The first-order chi connectivity index (χ1) is 10.7. The second-order valence-corrected chi connectivity index (χ2v) is 6.64. The standard InChI is InChI=1S/C18H26N2O2.ClH/c19-18(11-5-2-6-12-18)17(21)20-13-9-16(10-14-20)22-15-7-3-1-4-8-15;/h1,3-4,7-8,16H,2,5-6,9-14,19H2;1H. The summed E-state index contributed by atoms with van der Waals surface area (Å²) in [6.45, 7) is 1.52. The van der Waals surface area contributed by atoms with Crippen LogP contribution < -0.4 is 10.5 Å². The van der Waals surface area contributed by atoms with Gasteiger partial charge in [0.1, 0.15) is 11.9 Å². The SMILES string of the molecule is Cl.NC1(C(=O)N2CCC(Oc3ccccc3)CC2)CCCCC1. The van der Waals surface area contributed by atoms with Crippen molar-refractivity contribution in [2.45, 2.75) is 56.6 Å². The van der Waals surface area contributed by atoms with Crippen LogP contribution >= 0.6 is 12.4 Å². The molecule has 1 amide bonds. The highest BCUT2D eigenvalue weighted by Gasteiger charge is 2.39. The number of nitrogens with zero attached hydrogens (tertiary/aromatic N) is 1. The normalized spacial score (nSPS) is 21.3. The van der Waals surface area contributed by atoms with Crippen LogP contribution in [0.15, 0.2) is 30.3 Å². The number of para-hydroxylation sites is 1. The molecule has 0 radical (unpaired) electrons. The van der Waals surface area contributed by atoms with Crippen LogP contribution in [0.5, 0.6) is 5.75 Å². The first-order valence-corrected chi connectivity index (χ1v) is 8.47. The summed E-state index contributed by atoms with van der Waals surface area (Å²) in [6.07, 6.45) is 7.02. The Morgan fingerprint density at radius 3 is 2.30 bits per heavy atom. The van der Waals surface area contributed by atoms with Crippen LogP contribution in [0.25, 0.3) is 0 Å². The van der Waals surface area contributed by atoms with Gasteiger partial charge in [0.25, 0.3) is 0 Å². The number of nitrogens with two attached hydrogens (primary N) is 1. The van der Waals surface area contributed by atoms with Gasteiger partial charge in [0, 0.05) is 25.9 Å². The minimum atomic E-state index is -0.606. The molecule has 4 nitrogen and oxygen atoms in total. The topological polar surface area (TPSA) is 55.6 Å². The second-order valence-electron chi connectivity index (χ2n) is 6.64. The van der Waals surface area contributed by atoms with Crippen LogP contribution in [0.3, 0.4) is 0 Å². The second kappa shape index (κ2) is 8.02. The van der Waals surface area contributed by atoms with Gasteiger partial charge in [-0.1, -0.05) is 37.5 Å². The van der Waals surface area contributed by atoms with Crippen molar-refractivity contribution in [1.29, 1.82) is 0 Å². The van der Waals surface area contributed by atoms with Crippen molar-refractivity contribution in [2.75, 3.05) is 13.1 Å². The van der Waals surface area contributed by atoms with Gasteiger partial charge in [-0.3, -0.25) is 4.79 Å². The molecule has 23 heavy (non-hydrogen) atoms. The third kappa shape index (κ3) is 4.39. The molecule has 0 atom stereocenters. The van der Waals surface area contributed by atoms with Gasteiger partial charge in [-0.15, -0.1) is 12.4 Å². The summed E-state index contributed by atoms with van der Waals surface area (Å²) in [4.78, 5) is 14.7. The third-order valence-corrected chi connectivity index (χ3v) is 4.95. The Labute approximate surface area is 144 Å². The van der Waals surface area contributed by atoms with Crippen LogP contribution in [0.4, 0.5) is 0 Å². The molecular weight excluding hydrogens is 312 g/mol. The summed E-state index contributed by atoms with van der Waals surface area (Å²) >= 11 is 0. The monoisotopic (exact) mass is 338 g/mol. The number of hydrogen-bond donors (Lipinski definition) is 1. The van der Waals surface area contributed by atoms with E-state index in [-0.39, 0.29) is 24.4 Å². The molecule has 0 bridgehead atoms. The lowest BCUT2D eigenvalue weighted by molar-refractivity contribution is -0.140. The number of hydrogen-bond acceptors (Lipinski definition) is 3. The van der Waals surface area contributed by atoms with Gasteiger partial charge in [-0.05, 0) is 25.0 Å². The highest BCUT2D eigenvalue weighted by Crippen LogP contribution is 2.29. The number of rotatable bonds is 3. The molecule has 128 valence electrons. The zero-order chi connectivity index (χ0) is 15.4. The fourth-order valence-corrected chi connectivity index (χ4v) is 3.58. The Bertz CT molecular complexity index is 495. The van der Waals surface area contributed by atoms with Gasteiger partial charge < -0.3 is 15.4 Å². The maximum Gasteiger partial charge on any atom is 0.242 e. The van der Waals surface area contributed by atoms with E-state index in [2.05, 4.69) is 0 Å². The first-order valence-electron chi connectivity index (χ1n) is 8.47. The molecule has 1 aliphatic carbocycles. The van der Waals surface area contributed by atoms with Crippen molar-refractivity contribution in [3.63, 3.8) is 0 Å². The largest absolute Gasteiger partial charge is 0.490 e. The number of benzene rings is 1. The Morgan fingerprint density at radius 2 is 1.70 bits per heavy atom. The van der Waals surface area contributed by atoms with E-state index in [1.165, 1.54) is 6.42 Å². The van der Waals surface area contributed by atoms with Gasteiger partial charge in [0.2, 0.25) is 5.91 Å². The minimum absolute atomic E-state index is 0. The first kappa shape index (κ1) is 18.1. The van der Waals surface area contributed by atoms with E-state index in [0.29, 0.717) is 0 Å². The molecular formula is C18H27ClN2O2. The molecule has 0 spiro atoms. The van der Waals surface area contributed by atoms with Gasteiger partial charge in [0.05, 0.1) is 5.54 Å². The van der Waals surface area contributed by atoms with E-state index >= 15 is 0 Å². The molecule has 1 aromatic carbocycles. The zero-order valence-corrected chi connectivity index (χ0v) is 14.4. The number of ether oxygens (including phenoxy) is 1. The smallest absolute Gasteiger partial charge is 0.242 e. The number of carbonyl (C=O) groups is 1. The van der Waals surface area contributed by atoms with Crippen molar-refractivity contribution in [2.24, 2.45) is 5.73 Å². The maximum absolute atomic E-state index is 12.7. The molecule has 2 aliphatic rings. The summed E-state index contributed by atoms with van der Waals surface area (Å²) in [6, 6.07) is 9.91. The predicted octanol–water partition coefficient (Wildman–Crippen LogP) is 3.14. The summed E-state index contributed by atoms with van der Waals surface area (Å²) in [5.74, 6) is 1.07. The molecule has 5 heteroatoms. The molecule has 2 N–H and O–H groups in total. The molecule has 1 saturated carbocycles. The van der Waals surface area contributed by atoms with Crippen LogP contribution in [0.1, 0.15) is 44.9 Å². The number of likely N-dealkylation sites (tertiary alicyclic amines) is 1. The number of piperidine rings is 1. The lowest BCUT2D eigenvalue weighted by atomic mass is 9.81. The van der Waals surface area contributed by atoms with Crippen LogP contribution in [-0.2, 0) is 4.79 Å². The Morgan fingerprint density at radius 1 is 1.09 bits per heavy atom. The predicted molar refractivity (Wildman–Crippen MR) is 93.9 cm³/mol. The minimum Gasteiger partial charge on any atom is -0.490 e. The molecule has 1 aliphatic heterocycles. The van der Waals surface area contributed by atoms with Crippen molar-refractivity contribution in [3.05, 3.63) is 30.3 Å². The Hall–Kier alpha value is -1.26. The average molecular weight is 339 g/mol. The highest BCUT2D eigenvalue weighted by molar-refractivity contribution is 5.86. The van der Waals surface area contributed by atoms with E-state index in [4.69, 9.17) is 10.5 Å². The molecule has 1 heterocycles. The summed E-state index contributed by atoms with van der Waals surface area (Å²) in [7, 11) is 0. The van der Waals surface area contributed by atoms with Crippen molar-refractivity contribution >= 4 is 18.3 Å². The lowest BCUT2D eigenvalue weighted by Crippen LogP contribution is -2.58. The third-order valence-electron chi connectivity index (χ3n) is 4.95. The zero-order valence-electron chi connectivity index (χ0n) is 13.6. The fourth-order valence-electron chi connectivity index (χ4n) is 3.58. The van der Waals surface area contributed by atoms with Crippen molar-refractivity contribution in [1.82, 2.24) is 4.90 Å². The fraction of sp³-hybridized carbons (Fsp3) is 0.611. The van der Waals surface area contributed by atoms with E-state index in [9.17, 15) is 4.79 Å². The van der Waals surface area contributed by atoms with Gasteiger partial charge in [0.15, 0.2) is 0 Å². The summed E-state index contributed by atoms with van der Waals surface area (Å²) in [5.41, 5.74) is 5.76. The van der Waals surface area contributed by atoms with E-state index in [0.717, 1.165) is 57.4 Å².